The molecule has 0 fully saturated rings. The summed E-state index contributed by atoms with van der Waals surface area (Å²) in [5, 5.41) is 1.66. The van der Waals surface area contributed by atoms with Crippen LogP contribution in [0.2, 0.25) is 0 Å². The van der Waals surface area contributed by atoms with E-state index in [-0.39, 0.29) is 12.5 Å². The van der Waals surface area contributed by atoms with Gasteiger partial charge in [0, 0.05) is 16.9 Å². The van der Waals surface area contributed by atoms with Crippen LogP contribution in [0.1, 0.15) is 26.4 Å². The van der Waals surface area contributed by atoms with Crippen LogP contribution in [0.15, 0.2) is 35.7 Å². The molecule has 0 radical (unpaired) electrons. The molecule has 0 aliphatic carbocycles. The largest absolute Gasteiger partial charge is 0.416 e. The van der Waals surface area contributed by atoms with Crippen molar-refractivity contribution in [1.29, 1.82) is 0 Å². The molecule has 0 saturated carbocycles. The number of Topliss-reactive ketones (excluding diaryl/α,β-unsaturated/α-hetero) is 1. The predicted molar refractivity (Wildman–Crippen MR) is 68.8 cm³/mol. The van der Waals surface area contributed by atoms with Gasteiger partial charge in [-0.05, 0) is 29.6 Å². The van der Waals surface area contributed by atoms with E-state index in [4.69, 9.17) is 0 Å². The first kappa shape index (κ1) is 16.5. The van der Waals surface area contributed by atoms with Gasteiger partial charge in [-0.1, -0.05) is 6.07 Å². The Morgan fingerprint density at radius 3 is 1.91 bits per heavy atom. The quantitative estimate of drug-likeness (QED) is 0.554. The lowest BCUT2D eigenvalue weighted by Crippen LogP contribution is -2.14. The summed E-state index contributed by atoms with van der Waals surface area (Å²) in [6.45, 7) is 0. The van der Waals surface area contributed by atoms with Crippen LogP contribution in [0.3, 0.4) is 0 Å². The highest BCUT2D eigenvalue weighted by Gasteiger charge is 2.37. The summed E-state index contributed by atoms with van der Waals surface area (Å²) in [5.41, 5.74) is -3.58. The lowest BCUT2D eigenvalue weighted by molar-refractivity contribution is -0.143. The molecular weight excluding hydrogens is 330 g/mol. The summed E-state index contributed by atoms with van der Waals surface area (Å²) < 4.78 is 76.2. The molecule has 118 valence electrons. The second kappa shape index (κ2) is 5.75. The number of alkyl halides is 6. The van der Waals surface area contributed by atoms with Gasteiger partial charge in [-0.3, -0.25) is 4.79 Å². The number of carbonyl (C=O) groups is 1. The second-order valence-electron chi connectivity index (χ2n) is 4.47. The second-order valence-corrected chi connectivity index (χ2v) is 5.51. The highest BCUT2D eigenvalue weighted by atomic mass is 32.1. The Balaban J connectivity index is 2.44. The zero-order valence-electron chi connectivity index (χ0n) is 10.8. The Labute approximate surface area is 125 Å². The molecule has 0 aliphatic rings. The third kappa shape index (κ3) is 3.88. The van der Waals surface area contributed by atoms with E-state index in [1.54, 1.807) is 17.5 Å². The Morgan fingerprint density at radius 2 is 1.50 bits per heavy atom. The van der Waals surface area contributed by atoms with Gasteiger partial charge in [0.2, 0.25) is 0 Å². The molecule has 0 bridgehead atoms. The van der Waals surface area contributed by atoms with Gasteiger partial charge in [0.1, 0.15) is 0 Å². The van der Waals surface area contributed by atoms with Crippen molar-refractivity contribution in [2.45, 2.75) is 18.8 Å². The van der Waals surface area contributed by atoms with Gasteiger partial charge in [-0.15, -0.1) is 11.3 Å². The molecule has 22 heavy (non-hydrogen) atoms. The summed E-state index contributed by atoms with van der Waals surface area (Å²) in [6, 6.07) is 4.12. The van der Waals surface area contributed by atoms with Crippen molar-refractivity contribution in [3.63, 3.8) is 0 Å². The molecule has 1 heterocycles. The normalized spacial score (nSPS) is 12.5. The topological polar surface area (TPSA) is 17.1 Å². The Morgan fingerprint density at radius 1 is 0.955 bits per heavy atom. The number of thiophene rings is 1. The third-order valence-corrected chi connectivity index (χ3v) is 3.70. The van der Waals surface area contributed by atoms with Crippen molar-refractivity contribution < 1.29 is 31.1 Å². The molecule has 2 aromatic rings. The molecule has 0 amide bonds. The average molecular weight is 338 g/mol. The van der Waals surface area contributed by atoms with E-state index in [9.17, 15) is 31.1 Å². The lowest BCUT2D eigenvalue weighted by atomic mass is 10.00. The number of halogens is 6. The number of rotatable bonds is 3. The smallest absolute Gasteiger partial charge is 0.294 e. The van der Waals surface area contributed by atoms with Gasteiger partial charge in [0.25, 0.3) is 0 Å². The van der Waals surface area contributed by atoms with E-state index in [0.717, 1.165) is 0 Å². The van der Waals surface area contributed by atoms with Crippen molar-refractivity contribution >= 4 is 17.1 Å². The molecule has 2 rings (SSSR count). The Hall–Kier alpha value is -1.83. The zero-order valence-corrected chi connectivity index (χ0v) is 11.6. The molecule has 1 aromatic heterocycles. The van der Waals surface area contributed by atoms with Crippen LogP contribution in [0.25, 0.3) is 0 Å². The summed E-state index contributed by atoms with van der Waals surface area (Å²) in [7, 11) is 0. The SMILES string of the molecule is O=C(Cc1cccs1)c1cc(C(F)(F)F)cc(C(F)(F)F)c1. The molecule has 1 nitrogen and oxygen atoms in total. The van der Waals surface area contributed by atoms with Gasteiger partial charge in [0.15, 0.2) is 5.78 Å². The van der Waals surface area contributed by atoms with Crippen LogP contribution in [-0.2, 0) is 18.8 Å². The molecule has 0 spiro atoms. The Kier molecular flexibility index (Phi) is 4.32. The molecule has 0 N–H and O–H groups in total. The first-order valence-electron chi connectivity index (χ1n) is 5.92. The predicted octanol–water partition coefficient (Wildman–Crippen LogP) is 5.21. The van der Waals surface area contributed by atoms with Gasteiger partial charge in [0.05, 0.1) is 11.1 Å². The molecule has 1 aromatic carbocycles. The van der Waals surface area contributed by atoms with Crippen LogP contribution in [-0.4, -0.2) is 5.78 Å². The van der Waals surface area contributed by atoms with Crippen LogP contribution in [0.4, 0.5) is 26.3 Å². The van der Waals surface area contributed by atoms with Gasteiger partial charge >= 0.3 is 12.4 Å². The fraction of sp³-hybridized carbons (Fsp3) is 0.214. The molecular formula is C14H8F6OS. The van der Waals surface area contributed by atoms with E-state index in [1.807, 2.05) is 0 Å². The fourth-order valence-electron chi connectivity index (χ4n) is 1.79. The minimum atomic E-state index is -4.96. The number of hydrogen-bond acceptors (Lipinski definition) is 2. The first-order chi connectivity index (χ1) is 10.1. The van der Waals surface area contributed by atoms with Gasteiger partial charge < -0.3 is 0 Å². The van der Waals surface area contributed by atoms with E-state index in [0.29, 0.717) is 17.0 Å². The van der Waals surface area contributed by atoms with Crippen molar-refractivity contribution in [2.24, 2.45) is 0 Å². The maximum atomic E-state index is 12.7. The van der Waals surface area contributed by atoms with Crippen molar-refractivity contribution in [3.8, 4) is 0 Å². The van der Waals surface area contributed by atoms with Crippen LogP contribution < -0.4 is 0 Å². The molecule has 0 aliphatic heterocycles. The number of ketones is 1. The monoisotopic (exact) mass is 338 g/mol. The fourth-order valence-corrected chi connectivity index (χ4v) is 2.49. The number of benzene rings is 1. The first-order valence-corrected chi connectivity index (χ1v) is 6.80. The maximum absolute atomic E-state index is 12.7. The summed E-state index contributed by atoms with van der Waals surface area (Å²) in [6.07, 6.45) is -10.2. The minimum absolute atomic E-state index is 0.00191. The maximum Gasteiger partial charge on any atom is 0.416 e. The number of hydrogen-bond donors (Lipinski definition) is 0. The standard InChI is InChI=1S/C14H8F6OS/c15-13(16,17)9-4-8(5-10(6-9)14(18,19)20)12(21)7-11-2-1-3-22-11/h1-6H,7H2. The molecule has 0 atom stereocenters. The van der Waals surface area contributed by atoms with Crippen LogP contribution >= 0.6 is 11.3 Å². The minimum Gasteiger partial charge on any atom is -0.294 e. The average Bonchev–Trinajstić information content (AvgIpc) is 2.89. The van der Waals surface area contributed by atoms with E-state index in [1.165, 1.54) is 11.3 Å². The summed E-state index contributed by atoms with van der Waals surface area (Å²) in [4.78, 5) is 12.5. The van der Waals surface area contributed by atoms with Crippen LogP contribution in [0, 0.1) is 0 Å². The molecule has 0 unspecified atom stereocenters. The van der Waals surface area contributed by atoms with Crippen molar-refractivity contribution in [2.75, 3.05) is 0 Å². The van der Waals surface area contributed by atoms with Crippen molar-refractivity contribution in [3.05, 3.63) is 57.3 Å². The summed E-state index contributed by atoms with van der Waals surface area (Å²) >= 11 is 1.20. The van der Waals surface area contributed by atoms with Gasteiger partial charge in [-0.2, -0.15) is 26.3 Å². The van der Waals surface area contributed by atoms with E-state index >= 15 is 0 Å². The Bertz CT molecular complexity index is 637. The van der Waals surface area contributed by atoms with Crippen LogP contribution in [0.5, 0.6) is 0 Å². The van der Waals surface area contributed by atoms with E-state index < -0.39 is 34.8 Å². The molecule has 0 saturated heterocycles. The molecule has 8 heteroatoms. The summed E-state index contributed by atoms with van der Waals surface area (Å²) in [5.74, 6) is -0.793. The van der Waals surface area contributed by atoms with E-state index in [2.05, 4.69) is 0 Å². The lowest BCUT2D eigenvalue weighted by Gasteiger charge is -2.13. The van der Waals surface area contributed by atoms with Gasteiger partial charge in [-0.25, -0.2) is 0 Å². The third-order valence-electron chi connectivity index (χ3n) is 2.82. The highest BCUT2D eigenvalue weighted by molar-refractivity contribution is 7.10. The van der Waals surface area contributed by atoms with Crippen molar-refractivity contribution in [1.82, 2.24) is 0 Å². The highest BCUT2D eigenvalue weighted by Crippen LogP contribution is 2.36. The number of carbonyl (C=O) groups excluding carboxylic acids is 1. The zero-order chi connectivity index (χ0) is 16.5.